The minimum Gasteiger partial charge on any atom is -0.475 e. The highest BCUT2D eigenvalue weighted by molar-refractivity contribution is 5.84. The molecule has 0 fully saturated rings. The van der Waals surface area contributed by atoms with Gasteiger partial charge in [-0.15, -0.1) is 0 Å². The van der Waals surface area contributed by atoms with E-state index in [-0.39, 0.29) is 5.76 Å². The molecule has 0 amide bonds. The lowest BCUT2D eigenvalue weighted by atomic mass is 10.2. The molecule has 16 heavy (non-hydrogen) atoms. The lowest BCUT2D eigenvalue weighted by Crippen LogP contribution is -2.03. The summed E-state index contributed by atoms with van der Waals surface area (Å²) in [5, 5.41) is 12.9. The van der Waals surface area contributed by atoms with Crippen LogP contribution in [0.25, 0.3) is 0 Å². The van der Waals surface area contributed by atoms with E-state index in [9.17, 15) is 4.79 Å². The number of rotatable bonds is 3. The number of furan rings is 1. The number of aryl methyl sites for hydroxylation is 2. The van der Waals surface area contributed by atoms with Crippen LogP contribution in [0.15, 0.2) is 22.7 Å². The van der Waals surface area contributed by atoms with Gasteiger partial charge in [0.1, 0.15) is 5.76 Å². The van der Waals surface area contributed by atoms with Crippen molar-refractivity contribution < 1.29 is 14.3 Å². The van der Waals surface area contributed by atoms with Gasteiger partial charge in [-0.05, 0) is 26.0 Å². The van der Waals surface area contributed by atoms with Crippen LogP contribution >= 0.6 is 0 Å². The Morgan fingerprint density at radius 3 is 2.81 bits per heavy atom. The van der Waals surface area contributed by atoms with Crippen molar-refractivity contribution in [3.63, 3.8) is 0 Å². The lowest BCUT2D eigenvalue weighted by Gasteiger charge is -2.02. The summed E-state index contributed by atoms with van der Waals surface area (Å²) >= 11 is 0. The first-order valence-electron chi connectivity index (χ1n) is 4.89. The lowest BCUT2D eigenvalue weighted by molar-refractivity contribution is 0.0661. The van der Waals surface area contributed by atoms with Crippen molar-refractivity contribution in [1.29, 1.82) is 0 Å². The second-order valence-corrected chi connectivity index (χ2v) is 3.63. The van der Waals surface area contributed by atoms with Crippen LogP contribution < -0.4 is 0 Å². The molecule has 0 bridgehead atoms. The van der Waals surface area contributed by atoms with Crippen molar-refractivity contribution in [2.45, 2.75) is 20.4 Å². The molecule has 5 nitrogen and oxygen atoms in total. The van der Waals surface area contributed by atoms with Crippen molar-refractivity contribution in [1.82, 2.24) is 9.78 Å². The van der Waals surface area contributed by atoms with Crippen molar-refractivity contribution in [2.24, 2.45) is 0 Å². The molecule has 84 valence electrons. The molecule has 1 N–H and O–H groups in total. The molecule has 0 aromatic carbocycles. The van der Waals surface area contributed by atoms with Gasteiger partial charge in [0.05, 0.1) is 6.54 Å². The van der Waals surface area contributed by atoms with Crippen molar-refractivity contribution >= 4 is 5.97 Å². The van der Waals surface area contributed by atoms with E-state index in [0.717, 1.165) is 11.3 Å². The molecule has 0 spiro atoms. The van der Waals surface area contributed by atoms with Crippen LogP contribution in [0.3, 0.4) is 0 Å². The minimum atomic E-state index is -1.05. The predicted molar refractivity (Wildman–Crippen MR) is 56.5 cm³/mol. The third kappa shape index (κ3) is 1.84. The van der Waals surface area contributed by atoms with Crippen LogP contribution in [0.2, 0.25) is 0 Å². The van der Waals surface area contributed by atoms with Crippen molar-refractivity contribution in [3.05, 3.63) is 41.1 Å². The molecule has 2 aromatic rings. The van der Waals surface area contributed by atoms with Gasteiger partial charge in [0.2, 0.25) is 5.76 Å². The highest BCUT2D eigenvalue weighted by Crippen LogP contribution is 2.16. The first-order valence-corrected chi connectivity index (χ1v) is 4.89. The molecule has 0 radical (unpaired) electrons. The zero-order chi connectivity index (χ0) is 11.7. The number of hydrogen-bond donors (Lipinski definition) is 1. The summed E-state index contributed by atoms with van der Waals surface area (Å²) < 4.78 is 6.92. The Labute approximate surface area is 92.3 Å². The van der Waals surface area contributed by atoms with E-state index in [1.165, 1.54) is 0 Å². The van der Waals surface area contributed by atoms with Crippen LogP contribution in [0.4, 0.5) is 0 Å². The monoisotopic (exact) mass is 220 g/mol. The summed E-state index contributed by atoms with van der Waals surface area (Å²) in [4.78, 5) is 10.7. The molecule has 0 aliphatic carbocycles. The van der Waals surface area contributed by atoms with Crippen molar-refractivity contribution in [2.75, 3.05) is 0 Å². The second-order valence-electron chi connectivity index (χ2n) is 3.63. The Balaban J connectivity index is 2.28. The molecule has 2 rings (SSSR count). The van der Waals surface area contributed by atoms with E-state index < -0.39 is 5.97 Å². The summed E-state index contributed by atoms with van der Waals surface area (Å²) in [6.45, 7) is 4.22. The maximum atomic E-state index is 10.7. The molecule has 0 saturated carbocycles. The Morgan fingerprint density at radius 1 is 1.56 bits per heavy atom. The summed E-state index contributed by atoms with van der Waals surface area (Å²) in [6.07, 6.45) is 1.71. The second kappa shape index (κ2) is 3.84. The van der Waals surface area contributed by atoms with Gasteiger partial charge in [-0.3, -0.25) is 4.68 Å². The Kier molecular flexibility index (Phi) is 2.52. The summed E-state index contributed by atoms with van der Waals surface area (Å²) in [6, 6.07) is 3.44. The third-order valence-corrected chi connectivity index (χ3v) is 2.48. The molecule has 5 heteroatoms. The Bertz CT molecular complexity index is 525. The number of nitrogens with zero attached hydrogens (tertiary/aromatic N) is 2. The number of hydrogen-bond acceptors (Lipinski definition) is 3. The molecule has 0 aliphatic rings. The fourth-order valence-electron chi connectivity index (χ4n) is 1.51. The SMILES string of the molecule is Cc1oc(C(=O)O)cc1Cn1nccc1C. The third-order valence-electron chi connectivity index (χ3n) is 2.48. The fraction of sp³-hybridized carbons (Fsp3) is 0.273. The number of aromatic carboxylic acids is 1. The van der Waals surface area contributed by atoms with Gasteiger partial charge in [-0.25, -0.2) is 4.79 Å². The molecule has 2 aromatic heterocycles. The van der Waals surface area contributed by atoms with Gasteiger partial charge in [0.15, 0.2) is 0 Å². The number of carboxylic acids is 1. The van der Waals surface area contributed by atoms with Crippen LogP contribution in [-0.4, -0.2) is 20.9 Å². The fourth-order valence-corrected chi connectivity index (χ4v) is 1.51. The molecule has 2 heterocycles. The summed E-state index contributed by atoms with van der Waals surface area (Å²) in [5.74, 6) is -0.462. The number of aromatic nitrogens is 2. The first-order chi connectivity index (χ1) is 7.58. The van der Waals surface area contributed by atoms with Crippen LogP contribution in [0.5, 0.6) is 0 Å². The molecule has 0 aliphatic heterocycles. The van der Waals surface area contributed by atoms with Gasteiger partial charge in [0.25, 0.3) is 0 Å². The highest BCUT2D eigenvalue weighted by atomic mass is 16.4. The topological polar surface area (TPSA) is 68.3 Å². The predicted octanol–water partition coefficient (Wildman–Crippen LogP) is 1.84. The van der Waals surface area contributed by atoms with Crippen LogP contribution in [-0.2, 0) is 6.54 Å². The quantitative estimate of drug-likeness (QED) is 0.856. The zero-order valence-corrected chi connectivity index (χ0v) is 9.10. The van der Waals surface area contributed by atoms with E-state index in [4.69, 9.17) is 9.52 Å². The summed E-state index contributed by atoms with van der Waals surface area (Å²) in [7, 11) is 0. The van der Waals surface area contributed by atoms with Crippen LogP contribution in [0, 0.1) is 13.8 Å². The Morgan fingerprint density at radius 2 is 2.31 bits per heavy atom. The van der Waals surface area contributed by atoms with Crippen molar-refractivity contribution in [3.8, 4) is 0 Å². The largest absolute Gasteiger partial charge is 0.475 e. The smallest absolute Gasteiger partial charge is 0.371 e. The normalized spacial score (nSPS) is 10.6. The standard InChI is InChI=1S/C11H12N2O3/c1-7-3-4-12-13(7)6-9-5-10(11(14)15)16-8(9)2/h3-5H,6H2,1-2H3,(H,14,15). The zero-order valence-electron chi connectivity index (χ0n) is 9.10. The van der Waals surface area contributed by atoms with E-state index in [1.807, 2.05) is 13.0 Å². The van der Waals surface area contributed by atoms with Crippen LogP contribution in [0.1, 0.15) is 27.6 Å². The minimum absolute atomic E-state index is 0.0303. The molecule has 0 saturated heterocycles. The average molecular weight is 220 g/mol. The maximum absolute atomic E-state index is 10.7. The van der Waals surface area contributed by atoms with E-state index in [1.54, 1.807) is 23.9 Å². The van der Waals surface area contributed by atoms with E-state index >= 15 is 0 Å². The maximum Gasteiger partial charge on any atom is 0.371 e. The van der Waals surface area contributed by atoms with E-state index in [2.05, 4.69) is 5.10 Å². The number of carbonyl (C=O) groups is 1. The average Bonchev–Trinajstić information content (AvgIpc) is 2.76. The van der Waals surface area contributed by atoms with E-state index in [0.29, 0.717) is 12.3 Å². The molecule has 0 atom stereocenters. The number of carboxylic acid groups (broad SMARTS) is 1. The van der Waals surface area contributed by atoms with Gasteiger partial charge in [0, 0.05) is 17.5 Å². The van der Waals surface area contributed by atoms with Gasteiger partial charge in [-0.1, -0.05) is 0 Å². The highest BCUT2D eigenvalue weighted by Gasteiger charge is 2.13. The Hall–Kier alpha value is -2.04. The van der Waals surface area contributed by atoms with Gasteiger partial charge >= 0.3 is 5.97 Å². The van der Waals surface area contributed by atoms with Gasteiger partial charge < -0.3 is 9.52 Å². The molecular weight excluding hydrogens is 208 g/mol. The summed E-state index contributed by atoms with van der Waals surface area (Å²) in [5.41, 5.74) is 1.86. The first kappa shape index (κ1) is 10.5. The molecular formula is C11H12N2O3. The van der Waals surface area contributed by atoms with Gasteiger partial charge in [-0.2, -0.15) is 5.10 Å². The molecule has 0 unspecified atom stereocenters.